The highest BCUT2D eigenvalue weighted by molar-refractivity contribution is 5.94. The molecule has 158 valence electrons. The van der Waals surface area contributed by atoms with Crippen LogP contribution in [0.1, 0.15) is 16.7 Å². The van der Waals surface area contributed by atoms with Gasteiger partial charge in [0, 0.05) is 37.9 Å². The van der Waals surface area contributed by atoms with Gasteiger partial charge in [-0.3, -0.25) is 14.5 Å². The van der Waals surface area contributed by atoms with E-state index in [1.807, 2.05) is 61.2 Å². The van der Waals surface area contributed by atoms with Gasteiger partial charge in [-0.15, -0.1) is 0 Å². The molecule has 0 unspecified atom stereocenters. The third kappa shape index (κ3) is 5.70. The number of nitrogens with zero attached hydrogens (tertiary/aromatic N) is 2. The molecular weight excluding hydrogens is 378 g/mol. The number of amides is 2. The van der Waals surface area contributed by atoms with Crippen LogP contribution in [0.15, 0.2) is 48.5 Å². The number of hydrogen-bond donors (Lipinski definition) is 1. The minimum absolute atomic E-state index is 0.0162. The lowest BCUT2D eigenvalue weighted by atomic mass is 10.1. The molecule has 1 aliphatic heterocycles. The van der Waals surface area contributed by atoms with Crippen molar-refractivity contribution in [2.75, 3.05) is 45.2 Å². The van der Waals surface area contributed by atoms with Gasteiger partial charge in [0.25, 0.3) is 0 Å². The predicted octanol–water partition coefficient (Wildman–Crippen LogP) is 3.11. The third-order valence-electron chi connectivity index (χ3n) is 5.31. The highest BCUT2D eigenvalue weighted by Gasteiger charge is 2.21. The van der Waals surface area contributed by atoms with Crippen molar-refractivity contribution in [3.63, 3.8) is 0 Å². The molecule has 30 heavy (non-hydrogen) atoms. The van der Waals surface area contributed by atoms with Gasteiger partial charge in [-0.1, -0.05) is 30.3 Å². The standard InChI is InChI=1S/C24H29N3O3/c1-18-6-4-7-19(2)24(18)25-22(28)17-26-12-14-27(15-13-26)23(29)11-10-20-8-5-9-21(16-20)30-3/h4-11,16H,12-15,17H2,1-3H3,(H,25,28)/b11-10+. The zero-order chi connectivity index (χ0) is 21.5. The Bertz CT molecular complexity index is 911. The maximum absolute atomic E-state index is 12.5. The van der Waals surface area contributed by atoms with E-state index in [-0.39, 0.29) is 11.8 Å². The van der Waals surface area contributed by atoms with Crippen molar-refractivity contribution in [3.05, 3.63) is 65.2 Å². The molecular formula is C24H29N3O3. The Morgan fingerprint density at radius 3 is 2.37 bits per heavy atom. The van der Waals surface area contributed by atoms with E-state index in [2.05, 4.69) is 10.2 Å². The summed E-state index contributed by atoms with van der Waals surface area (Å²) in [5.74, 6) is 0.722. The molecule has 2 amide bonds. The molecule has 3 rings (SSSR count). The van der Waals surface area contributed by atoms with Crippen LogP contribution in [0.5, 0.6) is 5.75 Å². The summed E-state index contributed by atoms with van der Waals surface area (Å²) in [7, 11) is 1.62. The molecule has 1 fully saturated rings. The van der Waals surface area contributed by atoms with E-state index in [9.17, 15) is 9.59 Å². The number of hydrogen-bond acceptors (Lipinski definition) is 4. The zero-order valence-electron chi connectivity index (χ0n) is 17.9. The lowest BCUT2D eigenvalue weighted by Crippen LogP contribution is -2.50. The van der Waals surface area contributed by atoms with Gasteiger partial charge in [0.1, 0.15) is 5.75 Å². The van der Waals surface area contributed by atoms with Crippen LogP contribution in [0.25, 0.3) is 6.08 Å². The number of aryl methyl sites for hydroxylation is 2. The largest absolute Gasteiger partial charge is 0.497 e. The second kappa shape index (κ2) is 10.1. The average Bonchev–Trinajstić information content (AvgIpc) is 2.75. The van der Waals surface area contributed by atoms with Gasteiger partial charge in [0.05, 0.1) is 13.7 Å². The number of para-hydroxylation sites is 1. The summed E-state index contributed by atoms with van der Waals surface area (Å²) in [6.07, 6.45) is 3.40. The van der Waals surface area contributed by atoms with E-state index in [1.54, 1.807) is 19.3 Å². The van der Waals surface area contributed by atoms with Crippen molar-refractivity contribution in [3.8, 4) is 5.75 Å². The molecule has 0 spiro atoms. The van der Waals surface area contributed by atoms with Crippen LogP contribution < -0.4 is 10.1 Å². The zero-order valence-corrected chi connectivity index (χ0v) is 17.9. The molecule has 0 aromatic heterocycles. The highest BCUT2D eigenvalue weighted by atomic mass is 16.5. The number of carbonyl (C=O) groups excluding carboxylic acids is 2. The third-order valence-corrected chi connectivity index (χ3v) is 5.31. The Hall–Kier alpha value is -3.12. The number of ether oxygens (including phenoxy) is 1. The number of methoxy groups -OCH3 is 1. The minimum atomic E-state index is -0.0231. The Morgan fingerprint density at radius 2 is 1.70 bits per heavy atom. The molecule has 0 aliphatic carbocycles. The molecule has 1 aliphatic rings. The summed E-state index contributed by atoms with van der Waals surface area (Å²) >= 11 is 0. The van der Waals surface area contributed by atoms with Gasteiger partial charge in [-0.25, -0.2) is 0 Å². The molecule has 2 aromatic rings. The van der Waals surface area contributed by atoms with E-state index in [1.165, 1.54) is 0 Å². The molecule has 0 atom stereocenters. The Morgan fingerprint density at radius 1 is 1.03 bits per heavy atom. The first kappa shape index (κ1) is 21.6. The molecule has 0 saturated carbocycles. The molecule has 0 bridgehead atoms. The fraction of sp³-hybridized carbons (Fsp3) is 0.333. The SMILES string of the molecule is COc1cccc(/C=C/C(=O)N2CCN(CC(=O)Nc3c(C)cccc3C)CC2)c1. The van der Waals surface area contributed by atoms with Gasteiger partial charge in [-0.2, -0.15) is 0 Å². The first-order chi connectivity index (χ1) is 14.5. The Kier molecular flexibility index (Phi) is 7.25. The van der Waals surface area contributed by atoms with Crippen LogP contribution in [-0.4, -0.2) is 61.4 Å². The van der Waals surface area contributed by atoms with Crippen molar-refractivity contribution in [2.24, 2.45) is 0 Å². The Labute approximate surface area is 178 Å². The number of benzene rings is 2. The second-order valence-corrected chi connectivity index (χ2v) is 7.53. The molecule has 2 aromatic carbocycles. The number of carbonyl (C=O) groups is 2. The van der Waals surface area contributed by atoms with Crippen LogP contribution in [-0.2, 0) is 9.59 Å². The van der Waals surface area contributed by atoms with Gasteiger partial charge in [0.2, 0.25) is 11.8 Å². The van der Waals surface area contributed by atoms with Crippen molar-refractivity contribution < 1.29 is 14.3 Å². The van der Waals surface area contributed by atoms with Crippen LogP contribution in [0, 0.1) is 13.8 Å². The van der Waals surface area contributed by atoms with E-state index in [0.717, 1.165) is 28.1 Å². The molecule has 1 saturated heterocycles. The van der Waals surface area contributed by atoms with Gasteiger partial charge in [0.15, 0.2) is 0 Å². The lowest BCUT2D eigenvalue weighted by Gasteiger charge is -2.33. The summed E-state index contributed by atoms with van der Waals surface area (Å²) < 4.78 is 5.20. The number of piperazine rings is 1. The number of nitrogens with one attached hydrogen (secondary N) is 1. The summed E-state index contributed by atoms with van der Waals surface area (Å²) in [5, 5.41) is 3.03. The van der Waals surface area contributed by atoms with E-state index < -0.39 is 0 Å². The van der Waals surface area contributed by atoms with E-state index in [4.69, 9.17) is 4.74 Å². The number of anilines is 1. The highest BCUT2D eigenvalue weighted by Crippen LogP contribution is 2.19. The predicted molar refractivity (Wildman–Crippen MR) is 120 cm³/mol. The maximum atomic E-state index is 12.5. The molecule has 6 nitrogen and oxygen atoms in total. The smallest absolute Gasteiger partial charge is 0.246 e. The van der Waals surface area contributed by atoms with Crippen molar-refractivity contribution in [1.82, 2.24) is 9.80 Å². The normalized spacial score (nSPS) is 14.7. The summed E-state index contributed by atoms with van der Waals surface area (Å²) in [5.41, 5.74) is 3.92. The summed E-state index contributed by atoms with van der Waals surface area (Å²) in [4.78, 5) is 28.8. The number of rotatable bonds is 6. The second-order valence-electron chi connectivity index (χ2n) is 7.53. The Balaban J connectivity index is 1.47. The summed E-state index contributed by atoms with van der Waals surface area (Å²) in [6.45, 7) is 6.89. The van der Waals surface area contributed by atoms with E-state index in [0.29, 0.717) is 32.7 Å². The maximum Gasteiger partial charge on any atom is 0.246 e. The first-order valence-corrected chi connectivity index (χ1v) is 10.2. The lowest BCUT2D eigenvalue weighted by molar-refractivity contribution is -0.127. The quantitative estimate of drug-likeness (QED) is 0.748. The van der Waals surface area contributed by atoms with Gasteiger partial charge >= 0.3 is 0 Å². The fourth-order valence-corrected chi connectivity index (χ4v) is 3.54. The molecule has 6 heteroatoms. The van der Waals surface area contributed by atoms with Crippen LogP contribution in [0.3, 0.4) is 0 Å². The average molecular weight is 408 g/mol. The van der Waals surface area contributed by atoms with Crippen molar-refractivity contribution in [2.45, 2.75) is 13.8 Å². The van der Waals surface area contributed by atoms with E-state index >= 15 is 0 Å². The first-order valence-electron chi connectivity index (χ1n) is 10.2. The molecule has 1 N–H and O–H groups in total. The molecule has 0 radical (unpaired) electrons. The topological polar surface area (TPSA) is 61.9 Å². The summed E-state index contributed by atoms with van der Waals surface area (Å²) in [6, 6.07) is 13.5. The van der Waals surface area contributed by atoms with Gasteiger partial charge in [-0.05, 0) is 48.7 Å². The van der Waals surface area contributed by atoms with Crippen LogP contribution in [0.4, 0.5) is 5.69 Å². The monoisotopic (exact) mass is 407 g/mol. The molecule has 1 heterocycles. The van der Waals surface area contributed by atoms with Crippen molar-refractivity contribution >= 4 is 23.6 Å². The van der Waals surface area contributed by atoms with Gasteiger partial charge < -0.3 is 15.0 Å². The van der Waals surface area contributed by atoms with Crippen LogP contribution >= 0.6 is 0 Å². The van der Waals surface area contributed by atoms with Crippen molar-refractivity contribution in [1.29, 1.82) is 0 Å². The van der Waals surface area contributed by atoms with Crippen LogP contribution in [0.2, 0.25) is 0 Å². The fourth-order valence-electron chi connectivity index (χ4n) is 3.54. The minimum Gasteiger partial charge on any atom is -0.497 e.